The Hall–Kier alpha value is -3.39. The van der Waals surface area contributed by atoms with E-state index in [0.29, 0.717) is 0 Å². The SMILES string of the molecule is C.CC1(C)CCC(C)(C)c2cc(-c3ccc(-c4ccccc4)cn3)[c-]cc21.[Ir].[c-]1ccccc1-c1ccccn1. The van der Waals surface area contributed by atoms with Gasteiger partial charge in [0.25, 0.3) is 0 Å². The monoisotopic (exact) mass is 703 g/mol. The molecular weight excluding hydrogens is 665 g/mol. The van der Waals surface area contributed by atoms with Gasteiger partial charge in [-0.05, 0) is 45.8 Å². The maximum absolute atomic E-state index is 4.73. The van der Waals surface area contributed by atoms with E-state index in [-0.39, 0.29) is 38.4 Å². The largest absolute Gasteiger partial charge is 0.305 e. The van der Waals surface area contributed by atoms with E-state index < -0.39 is 0 Å². The standard InChI is InChI=1S/C25H26N.C11H8N.CH4.Ir/c1-24(2)14-15-25(3,4)22-16-19(10-12-21(22)24)23-13-11-20(17-26-23)18-8-6-5-7-9-18;1-2-6-10(7-3-1)11-8-4-5-9-12-11;;/h5-9,11-13,16-17H,14-15H2,1-4H3;1-6,8-9H;1H4;/q2*-1;;. The predicted molar refractivity (Wildman–Crippen MR) is 164 cm³/mol. The van der Waals surface area contributed by atoms with Gasteiger partial charge in [-0.25, -0.2) is 0 Å². The molecule has 1 aliphatic carbocycles. The predicted octanol–water partition coefficient (Wildman–Crippen LogP) is 9.75. The maximum Gasteiger partial charge on any atom is 0.0239 e. The summed E-state index contributed by atoms with van der Waals surface area (Å²) in [4.78, 5) is 8.94. The van der Waals surface area contributed by atoms with Crippen molar-refractivity contribution in [2.24, 2.45) is 0 Å². The molecular formula is C37H38IrN2-2. The fourth-order valence-corrected chi connectivity index (χ4v) is 5.08. The van der Waals surface area contributed by atoms with Gasteiger partial charge in [0.15, 0.2) is 0 Å². The van der Waals surface area contributed by atoms with E-state index in [1.165, 1.54) is 29.5 Å². The Bertz CT molecular complexity index is 1440. The van der Waals surface area contributed by atoms with Crippen molar-refractivity contribution in [2.45, 2.75) is 58.8 Å². The van der Waals surface area contributed by atoms with Crippen LogP contribution in [0.3, 0.4) is 0 Å². The van der Waals surface area contributed by atoms with Crippen LogP contribution in [-0.4, -0.2) is 9.97 Å². The summed E-state index contributed by atoms with van der Waals surface area (Å²) in [7, 11) is 0. The number of rotatable bonds is 3. The van der Waals surface area contributed by atoms with Crippen LogP contribution >= 0.6 is 0 Å². The molecule has 5 aromatic rings. The third-order valence-corrected chi connectivity index (χ3v) is 7.58. The zero-order valence-corrected chi connectivity index (χ0v) is 25.4. The third kappa shape index (κ3) is 7.02. The quantitative estimate of drug-likeness (QED) is 0.175. The molecule has 2 nitrogen and oxygen atoms in total. The second-order valence-corrected chi connectivity index (χ2v) is 11.2. The van der Waals surface area contributed by atoms with Crippen LogP contribution in [0.4, 0.5) is 0 Å². The van der Waals surface area contributed by atoms with Crippen LogP contribution in [0.25, 0.3) is 33.6 Å². The van der Waals surface area contributed by atoms with E-state index >= 15 is 0 Å². The van der Waals surface area contributed by atoms with Crippen LogP contribution in [0.15, 0.2) is 109 Å². The number of aromatic nitrogens is 2. The first-order valence-electron chi connectivity index (χ1n) is 13.3. The molecule has 0 bridgehead atoms. The van der Waals surface area contributed by atoms with Crippen LogP contribution in [-0.2, 0) is 30.9 Å². The fraction of sp³-hybridized carbons (Fsp3) is 0.243. The average molecular weight is 703 g/mol. The minimum Gasteiger partial charge on any atom is -0.305 e. The number of hydrogen-bond acceptors (Lipinski definition) is 2. The zero-order chi connectivity index (χ0) is 26.6. The van der Waals surface area contributed by atoms with Gasteiger partial charge in [0.2, 0.25) is 0 Å². The normalized spacial score (nSPS) is 14.3. The molecule has 2 heterocycles. The molecule has 0 N–H and O–H groups in total. The summed E-state index contributed by atoms with van der Waals surface area (Å²) in [6, 6.07) is 39.5. The molecule has 0 spiro atoms. The van der Waals surface area contributed by atoms with Gasteiger partial charge in [-0.15, -0.1) is 70.8 Å². The first kappa shape index (κ1) is 31.1. The number of fused-ring (bicyclic) bond motifs is 1. The van der Waals surface area contributed by atoms with Crippen LogP contribution < -0.4 is 0 Å². The summed E-state index contributed by atoms with van der Waals surface area (Å²) in [5.41, 5.74) is 9.77. The summed E-state index contributed by atoms with van der Waals surface area (Å²) < 4.78 is 0. The summed E-state index contributed by atoms with van der Waals surface area (Å²) in [6.07, 6.45) is 6.20. The molecule has 40 heavy (non-hydrogen) atoms. The Kier molecular flexibility index (Phi) is 10.4. The van der Waals surface area contributed by atoms with Crippen molar-refractivity contribution in [1.29, 1.82) is 0 Å². The fourth-order valence-electron chi connectivity index (χ4n) is 5.08. The van der Waals surface area contributed by atoms with E-state index in [1.807, 2.05) is 54.7 Å². The second-order valence-electron chi connectivity index (χ2n) is 11.2. The molecule has 3 heteroatoms. The Morgan fingerprint density at radius 1 is 0.625 bits per heavy atom. The molecule has 0 atom stereocenters. The summed E-state index contributed by atoms with van der Waals surface area (Å²) in [5, 5.41) is 0. The second kappa shape index (κ2) is 13.3. The van der Waals surface area contributed by atoms with Crippen molar-refractivity contribution in [3.8, 4) is 33.6 Å². The molecule has 1 aliphatic rings. The smallest absolute Gasteiger partial charge is 0.0239 e. The Morgan fingerprint density at radius 3 is 1.93 bits per heavy atom. The van der Waals surface area contributed by atoms with E-state index in [2.05, 4.69) is 93.3 Å². The van der Waals surface area contributed by atoms with Crippen molar-refractivity contribution in [2.75, 3.05) is 0 Å². The zero-order valence-electron chi connectivity index (χ0n) is 23.0. The van der Waals surface area contributed by atoms with Crippen molar-refractivity contribution in [3.05, 3.63) is 133 Å². The van der Waals surface area contributed by atoms with Gasteiger partial charge in [-0.2, -0.15) is 0 Å². The van der Waals surface area contributed by atoms with Crippen molar-refractivity contribution in [3.63, 3.8) is 0 Å². The van der Waals surface area contributed by atoms with Gasteiger partial charge >= 0.3 is 0 Å². The Labute approximate surface area is 254 Å². The van der Waals surface area contributed by atoms with Gasteiger partial charge < -0.3 is 9.97 Å². The summed E-state index contributed by atoms with van der Waals surface area (Å²) in [5.74, 6) is 0. The van der Waals surface area contributed by atoms with Crippen molar-refractivity contribution in [1.82, 2.24) is 9.97 Å². The van der Waals surface area contributed by atoms with Crippen LogP contribution in [0, 0.1) is 12.1 Å². The Morgan fingerprint density at radius 2 is 1.30 bits per heavy atom. The minimum atomic E-state index is 0. The molecule has 1 radical (unpaired) electrons. The maximum atomic E-state index is 4.73. The van der Waals surface area contributed by atoms with Crippen molar-refractivity contribution >= 4 is 0 Å². The van der Waals surface area contributed by atoms with Gasteiger partial charge in [-0.3, -0.25) is 0 Å². The molecule has 0 aliphatic heterocycles. The first-order chi connectivity index (χ1) is 18.3. The molecule has 6 rings (SSSR count). The molecule has 0 amide bonds. The first-order valence-corrected chi connectivity index (χ1v) is 13.3. The van der Waals surface area contributed by atoms with Crippen molar-refractivity contribution < 1.29 is 20.1 Å². The molecule has 0 saturated carbocycles. The molecule has 207 valence electrons. The number of pyridine rings is 2. The summed E-state index contributed by atoms with van der Waals surface area (Å²) in [6.45, 7) is 9.41. The van der Waals surface area contributed by atoms with E-state index in [9.17, 15) is 0 Å². The molecule has 0 unspecified atom stereocenters. The van der Waals surface area contributed by atoms with Crippen LogP contribution in [0.2, 0.25) is 0 Å². The average Bonchev–Trinajstić information content (AvgIpc) is 2.97. The van der Waals surface area contributed by atoms with Gasteiger partial charge in [0.1, 0.15) is 0 Å². The number of hydrogen-bond donors (Lipinski definition) is 0. The number of nitrogens with zero attached hydrogens (tertiary/aromatic N) is 2. The molecule has 0 saturated heterocycles. The van der Waals surface area contributed by atoms with Gasteiger partial charge in [-0.1, -0.05) is 96.1 Å². The minimum absolute atomic E-state index is 0. The van der Waals surface area contributed by atoms with E-state index in [1.54, 1.807) is 6.20 Å². The van der Waals surface area contributed by atoms with Crippen LogP contribution in [0.1, 0.15) is 59.1 Å². The molecule has 0 fully saturated rings. The molecule has 3 aromatic carbocycles. The van der Waals surface area contributed by atoms with Gasteiger partial charge in [0, 0.05) is 32.5 Å². The third-order valence-electron chi connectivity index (χ3n) is 7.58. The molecule has 2 aromatic heterocycles. The van der Waals surface area contributed by atoms with Crippen LogP contribution in [0.5, 0.6) is 0 Å². The number of benzene rings is 3. The Balaban J connectivity index is 0.000000266. The van der Waals surface area contributed by atoms with E-state index in [0.717, 1.165) is 28.1 Å². The van der Waals surface area contributed by atoms with E-state index in [4.69, 9.17) is 4.98 Å². The van der Waals surface area contributed by atoms with Gasteiger partial charge in [0.05, 0.1) is 0 Å². The summed E-state index contributed by atoms with van der Waals surface area (Å²) >= 11 is 0. The topological polar surface area (TPSA) is 25.8 Å².